The van der Waals surface area contributed by atoms with Crippen LogP contribution in [0, 0.1) is 23.2 Å². The molecule has 0 bridgehead atoms. The molecule has 0 N–H and O–H groups in total. The molecule has 0 spiro atoms. The highest BCUT2D eigenvalue weighted by Crippen LogP contribution is 2.28. The molecular formula is C13H17N3. The van der Waals surface area contributed by atoms with Gasteiger partial charge in [-0.1, -0.05) is 13.8 Å². The first-order valence-corrected chi connectivity index (χ1v) is 5.82. The molecule has 1 aliphatic rings. The minimum absolute atomic E-state index is 0.687. The fraction of sp³-hybridized carbons (Fsp3) is 0.538. The fourth-order valence-electron chi connectivity index (χ4n) is 2.26. The standard InChI is InChI=1S/C13H17N3/c1-10(2)12-5-7-16(9-12)13-11(8-14)4-3-6-15-13/h3-4,6,10,12H,5,7,9H2,1-2H3. The molecule has 1 aliphatic heterocycles. The van der Waals surface area contributed by atoms with Crippen molar-refractivity contribution >= 4 is 5.82 Å². The summed E-state index contributed by atoms with van der Waals surface area (Å²) in [5.74, 6) is 2.29. The zero-order valence-electron chi connectivity index (χ0n) is 9.85. The summed E-state index contributed by atoms with van der Waals surface area (Å²) in [6, 6.07) is 5.87. The molecule has 1 unspecified atom stereocenters. The molecule has 16 heavy (non-hydrogen) atoms. The van der Waals surface area contributed by atoms with Crippen molar-refractivity contribution in [1.82, 2.24) is 4.98 Å². The van der Waals surface area contributed by atoms with E-state index in [1.54, 1.807) is 6.20 Å². The SMILES string of the molecule is CC(C)C1CCN(c2ncccc2C#N)C1. The smallest absolute Gasteiger partial charge is 0.146 e. The van der Waals surface area contributed by atoms with E-state index in [2.05, 4.69) is 29.8 Å². The van der Waals surface area contributed by atoms with Gasteiger partial charge in [0.25, 0.3) is 0 Å². The van der Waals surface area contributed by atoms with E-state index in [4.69, 9.17) is 5.26 Å². The molecule has 84 valence electrons. The summed E-state index contributed by atoms with van der Waals surface area (Å²) < 4.78 is 0. The summed E-state index contributed by atoms with van der Waals surface area (Å²) >= 11 is 0. The van der Waals surface area contributed by atoms with Gasteiger partial charge < -0.3 is 4.90 Å². The Labute approximate surface area is 96.7 Å². The monoisotopic (exact) mass is 215 g/mol. The second-order valence-corrected chi connectivity index (χ2v) is 4.73. The van der Waals surface area contributed by atoms with Crippen LogP contribution in [0.4, 0.5) is 5.82 Å². The Balaban J connectivity index is 2.18. The molecule has 0 amide bonds. The summed E-state index contributed by atoms with van der Waals surface area (Å²) in [5, 5.41) is 9.04. The Morgan fingerprint density at radius 1 is 1.56 bits per heavy atom. The van der Waals surface area contributed by atoms with E-state index in [1.807, 2.05) is 12.1 Å². The van der Waals surface area contributed by atoms with Crippen molar-refractivity contribution < 1.29 is 0 Å². The lowest BCUT2D eigenvalue weighted by atomic mass is 9.95. The highest BCUT2D eigenvalue weighted by molar-refractivity contribution is 5.54. The van der Waals surface area contributed by atoms with E-state index in [0.717, 1.165) is 24.8 Å². The Morgan fingerprint density at radius 3 is 3.00 bits per heavy atom. The third kappa shape index (κ3) is 2.01. The second-order valence-electron chi connectivity index (χ2n) is 4.73. The van der Waals surface area contributed by atoms with E-state index in [9.17, 15) is 0 Å². The van der Waals surface area contributed by atoms with Crippen molar-refractivity contribution in [2.24, 2.45) is 11.8 Å². The predicted molar refractivity (Wildman–Crippen MR) is 64.1 cm³/mol. The van der Waals surface area contributed by atoms with Crippen LogP contribution in [0.3, 0.4) is 0 Å². The van der Waals surface area contributed by atoms with Gasteiger partial charge in [-0.2, -0.15) is 5.26 Å². The molecule has 3 heteroatoms. The number of nitrogens with zero attached hydrogens (tertiary/aromatic N) is 3. The normalized spacial score (nSPS) is 20.1. The van der Waals surface area contributed by atoms with Gasteiger partial charge in [0.1, 0.15) is 11.9 Å². The van der Waals surface area contributed by atoms with Crippen LogP contribution < -0.4 is 4.90 Å². The molecule has 0 radical (unpaired) electrons. The summed E-state index contributed by atoms with van der Waals surface area (Å²) in [6.45, 7) is 6.58. The van der Waals surface area contributed by atoms with Gasteiger partial charge in [0, 0.05) is 19.3 Å². The summed E-state index contributed by atoms with van der Waals surface area (Å²) in [7, 11) is 0. The van der Waals surface area contributed by atoms with Crippen molar-refractivity contribution in [1.29, 1.82) is 5.26 Å². The first kappa shape index (κ1) is 10.9. The molecule has 0 aromatic carbocycles. The maximum absolute atomic E-state index is 9.04. The van der Waals surface area contributed by atoms with Crippen LogP contribution in [-0.4, -0.2) is 18.1 Å². The largest absolute Gasteiger partial charge is 0.355 e. The van der Waals surface area contributed by atoms with Crippen LogP contribution in [0.1, 0.15) is 25.8 Å². The van der Waals surface area contributed by atoms with E-state index in [-0.39, 0.29) is 0 Å². The molecule has 2 heterocycles. The van der Waals surface area contributed by atoms with Crippen LogP contribution in [0.5, 0.6) is 0 Å². The van der Waals surface area contributed by atoms with Crippen molar-refractivity contribution in [3.8, 4) is 6.07 Å². The number of anilines is 1. The number of aromatic nitrogens is 1. The lowest BCUT2D eigenvalue weighted by molar-refractivity contribution is 0.422. The molecule has 0 aliphatic carbocycles. The van der Waals surface area contributed by atoms with Gasteiger partial charge in [0.15, 0.2) is 0 Å². The summed E-state index contributed by atoms with van der Waals surface area (Å²) in [6.07, 6.45) is 2.97. The molecule has 0 saturated carbocycles. The van der Waals surface area contributed by atoms with Gasteiger partial charge in [-0.3, -0.25) is 0 Å². The molecule has 1 aromatic heterocycles. The van der Waals surface area contributed by atoms with Crippen molar-refractivity contribution in [2.45, 2.75) is 20.3 Å². The average molecular weight is 215 g/mol. The Morgan fingerprint density at radius 2 is 2.38 bits per heavy atom. The quantitative estimate of drug-likeness (QED) is 0.760. The van der Waals surface area contributed by atoms with Gasteiger partial charge in [-0.05, 0) is 30.4 Å². The van der Waals surface area contributed by atoms with Gasteiger partial charge in [0.05, 0.1) is 5.56 Å². The number of nitriles is 1. The molecule has 1 aromatic rings. The minimum Gasteiger partial charge on any atom is -0.355 e. The fourth-order valence-corrected chi connectivity index (χ4v) is 2.26. The Kier molecular flexibility index (Phi) is 3.09. The maximum Gasteiger partial charge on any atom is 0.146 e. The zero-order chi connectivity index (χ0) is 11.5. The first-order chi connectivity index (χ1) is 7.72. The lowest BCUT2D eigenvalue weighted by Crippen LogP contribution is -2.23. The summed E-state index contributed by atoms with van der Waals surface area (Å²) in [4.78, 5) is 6.57. The molecule has 1 atom stereocenters. The Hall–Kier alpha value is -1.56. The molecule has 1 saturated heterocycles. The number of pyridine rings is 1. The van der Waals surface area contributed by atoms with E-state index in [1.165, 1.54) is 6.42 Å². The number of hydrogen-bond acceptors (Lipinski definition) is 3. The van der Waals surface area contributed by atoms with Gasteiger partial charge >= 0.3 is 0 Å². The van der Waals surface area contributed by atoms with Crippen LogP contribution >= 0.6 is 0 Å². The van der Waals surface area contributed by atoms with Crippen LogP contribution in [-0.2, 0) is 0 Å². The molecule has 1 fully saturated rings. The highest BCUT2D eigenvalue weighted by Gasteiger charge is 2.26. The number of hydrogen-bond donors (Lipinski definition) is 0. The topological polar surface area (TPSA) is 39.9 Å². The van der Waals surface area contributed by atoms with Crippen molar-refractivity contribution in [3.05, 3.63) is 23.9 Å². The lowest BCUT2D eigenvalue weighted by Gasteiger charge is -2.19. The van der Waals surface area contributed by atoms with Crippen molar-refractivity contribution in [2.75, 3.05) is 18.0 Å². The molecule has 2 rings (SSSR count). The Bertz CT molecular complexity index is 406. The van der Waals surface area contributed by atoms with E-state index in [0.29, 0.717) is 11.5 Å². The second kappa shape index (κ2) is 4.52. The number of rotatable bonds is 2. The zero-order valence-corrected chi connectivity index (χ0v) is 9.85. The van der Waals surface area contributed by atoms with Crippen LogP contribution in [0.15, 0.2) is 18.3 Å². The van der Waals surface area contributed by atoms with Gasteiger partial charge in [-0.25, -0.2) is 4.98 Å². The van der Waals surface area contributed by atoms with E-state index < -0.39 is 0 Å². The maximum atomic E-state index is 9.04. The predicted octanol–water partition coefficient (Wildman–Crippen LogP) is 2.44. The van der Waals surface area contributed by atoms with Gasteiger partial charge in [0.2, 0.25) is 0 Å². The van der Waals surface area contributed by atoms with Gasteiger partial charge in [-0.15, -0.1) is 0 Å². The third-order valence-electron chi connectivity index (χ3n) is 3.37. The van der Waals surface area contributed by atoms with E-state index >= 15 is 0 Å². The van der Waals surface area contributed by atoms with Crippen molar-refractivity contribution in [3.63, 3.8) is 0 Å². The van der Waals surface area contributed by atoms with Crippen LogP contribution in [0.25, 0.3) is 0 Å². The average Bonchev–Trinajstić information content (AvgIpc) is 2.78. The molecule has 3 nitrogen and oxygen atoms in total. The third-order valence-corrected chi connectivity index (χ3v) is 3.37. The first-order valence-electron chi connectivity index (χ1n) is 5.82. The van der Waals surface area contributed by atoms with Crippen LogP contribution in [0.2, 0.25) is 0 Å². The molecular weight excluding hydrogens is 198 g/mol. The minimum atomic E-state index is 0.687. The highest BCUT2D eigenvalue weighted by atomic mass is 15.2. The summed E-state index contributed by atoms with van der Waals surface area (Å²) in [5.41, 5.74) is 0.687.